The number of rotatable bonds is 6. The van der Waals surface area contributed by atoms with Crippen molar-refractivity contribution in [1.82, 2.24) is 4.57 Å². The molecule has 1 amide bonds. The van der Waals surface area contributed by atoms with Crippen molar-refractivity contribution in [2.24, 2.45) is 5.73 Å². The van der Waals surface area contributed by atoms with Crippen LogP contribution >= 0.6 is 12.4 Å². The van der Waals surface area contributed by atoms with Crippen LogP contribution in [0, 0.1) is 0 Å². The molecule has 2 aromatic rings. The van der Waals surface area contributed by atoms with Crippen LogP contribution in [0.15, 0.2) is 30.5 Å². The number of anilines is 1. The molecule has 3 N–H and O–H groups in total. The molecule has 1 atom stereocenters. The molecule has 0 aliphatic heterocycles. The van der Waals surface area contributed by atoms with E-state index in [0.29, 0.717) is 0 Å². The van der Waals surface area contributed by atoms with Crippen molar-refractivity contribution >= 4 is 34.9 Å². The highest BCUT2D eigenvalue weighted by Crippen LogP contribution is 2.21. The Morgan fingerprint density at radius 1 is 1.43 bits per heavy atom. The SMILES string of the molecule is CCCn1ccc2ccc(NC(=O)C(N)COC)cc21.Cl. The minimum Gasteiger partial charge on any atom is -0.383 e. The van der Waals surface area contributed by atoms with Crippen molar-refractivity contribution in [3.05, 3.63) is 30.5 Å². The molecular weight excluding hydrogens is 290 g/mol. The van der Waals surface area contributed by atoms with Crippen LogP contribution in [0.3, 0.4) is 0 Å². The van der Waals surface area contributed by atoms with Crippen molar-refractivity contribution in [3.8, 4) is 0 Å². The van der Waals surface area contributed by atoms with Crippen LogP contribution in [0.5, 0.6) is 0 Å². The summed E-state index contributed by atoms with van der Waals surface area (Å²) >= 11 is 0. The molecular formula is C15H22ClN3O2. The molecule has 6 heteroatoms. The van der Waals surface area contributed by atoms with E-state index >= 15 is 0 Å². The Morgan fingerprint density at radius 3 is 2.86 bits per heavy atom. The lowest BCUT2D eigenvalue weighted by molar-refractivity contribution is -0.118. The number of benzene rings is 1. The number of aryl methyl sites for hydroxylation is 1. The Balaban J connectivity index is 0.00000220. The molecule has 1 aromatic heterocycles. The maximum Gasteiger partial charge on any atom is 0.243 e. The van der Waals surface area contributed by atoms with Gasteiger partial charge in [-0.1, -0.05) is 13.0 Å². The minimum absolute atomic E-state index is 0. The summed E-state index contributed by atoms with van der Waals surface area (Å²) < 4.78 is 7.06. The Labute approximate surface area is 130 Å². The monoisotopic (exact) mass is 311 g/mol. The number of ether oxygens (including phenoxy) is 1. The molecule has 116 valence electrons. The zero-order chi connectivity index (χ0) is 14.5. The fourth-order valence-electron chi connectivity index (χ4n) is 2.19. The Bertz CT molecular complexity index is 598. The third-order valence-corrected chi connectivity index (χ3v) is 3.19. The maximum atomic E-state index is 11.9. The first-order valence-corrected chi connectivity index (χ1v) is 6.80. The van der Waals surface area contributed by atoms with E-state index in [1.54, 1.807) is 0 Å². The van der Waals surface area contributed by atoms with Gasteiger partial charge in [0.1, 0.15) is 6.04 Å². The smallest absolute Gasteiger partial charge is 0.243 e. The number of nitrogens with zero attached hydrogens (tertiary/aromatic N) is 1. The normalized spacial score (nSPS) is 12.0. The van der Waals surface area contributed by atoms with Gasteiger partial charge in [0, 0.05) is 25.5 Å². The van der Waals surface area contributed by atoms with E-state index in [9.17, 15) is 4.79 Å². The van der Waals surface area contributed by atoms with Gasteiger partial charge in [-0.3, -0.25) is 4.79 Å². The second-order valence-electron chi connectivity index (χ2n) is 4.83. The van der Waals surface area contributed by atoms with E-state index in [2.05, 4.69) is 29.1 Å². The summed E-state index contributed by atoms with van der Waals surface area (Å²) in [6, 6.07) is 7.28. The molecule has 0 aliphatic rings. The molecule has 0 radical (unpaired) electrons. The number of nitrogens with two attached hydrogens (primary N) is 1. The molecule has 0 bridgehead atoms. The fraction of sp³-hybridized carbons (Fsp3) is 0.400. The van der Waals surface area contributed by atoms with Crippen LogP contribution in [-0.2, 0) is 16.1 Å². The van der Waals surface area contributed by atoms with Gasteiger partial charge in [0.05, 0.1) is 12.1 Å². The lowest BCUT2D eigenvalue weighted by atomic mass is 10.2. The first kappa shape index (κ1) is 17.5. The molecule has 0 saturated carbocycles. The van der Waals surface area contributed by atoms with Gasteiger partial charge >= 0.3 is 0 Å². The number of amides is 1. The molecule has 0 saturated heterocycles. The molecule has 21 heavy (non-hydrogen) atoms. The van der Waals surface area contributed by atoms with E-state index in [-0.39, 0.29) is 24.9 Å². The van der Waals surface area contributed by atoms with Gasteiger partial charge in [-0.25, -0.2) is 0 Å². The third kappa shape index (κ3) is 4.20. The summed E-state index contributed by atoms with van der Waals surface area (Å²) in [4.78, 5) is 11.9. The summed E-state index contributed by atoms with van der Waals surface area (Å²) in [5.74, 6) is -0.236. The van der Waals surface area contributed by atoms with Crippen LogP contribution in [0.4, 0.5) is 5.69 Å². The highest BCUT2D eigenvalue weighted by molar-refractivity contribution is 5.96. The topological polar surface area (TPSA) is 69.3 Å². The van der Waals surface area contributed by atoms with E-state index in [0.717, 1.165) is 29.6 Å². The van der Waals surface area contributed by atoms with Gasteiger partial charge in [0.25, 0.3) is 0 Å². The molecule has 5 nitrogen and oxygen atoms in total. The van der Waals surface area contributed by atoms with Crippen molar-refractivity contribution in [2.45, 2.75) is 25.9 Å². The maximum absolute atomic E-state index is 11.9. The average molecular weight is 312 g/mol. The van der Waals surface area contributed by atoms with Gasteiger partial charge in [-0.15, -0.1) is 12.4 Å². The van der Waals surface area contributed by atoms with Crippen LogP contribution in [0.1, 0.15) is 13.3 Å². The van der Waals surface area contributed by atoms with Gasteiger partial charge in [-0.2, -0.15) is 0 Å². The summed E-state index contributed by atoms with van der Waals surface area (Å²) in [5, 5.41) is 3.98. The Kier molecular flexibility index (Phi) is 6.68. The van der Waals surface area contributed by atoms with Gasteiger partial charge in [0.15, 0.2) is 0 Å². The quantitative estimate of drug-likeness (QED) is 0.860. The number of aromatic nitrogens is 1. The predicted octanol–water partition coefficient (Wildman–Crippen LogP) is 2.39. The predicted molar refractivity (Wildman–Crippen MR) is 88.0 cm³/mol. The summed E-state index contributed by atoms with van der Waals surface area (Å²) in [7, 11) is 1.52. The van der Waals surface area contributed by atoms with Crippen molar-refractivity contribution in [3.63, 3.8) is 0 Å². The third-order valence-electron chi connectivity index (χ3n) is 3.19. The summed E-state index contributed by atoms with van der Waals surface area (Å²) in [6.45, 7) is 3.31. The highest BCUT2D eigenvalue weighted by atomic mass is 35.5. The molecule has 1 aromatic carbocycles. The number of carbonyl (C=O) groups excluding carboxylic acids is 1. The standard InChI is InChI=1S/C15H21N3O2.ClH/c1-3-7-18-8-6-11-4-5-12(9-14(11)18)17-15(19)13(16)10-20-2;/h4-6,8-9,13H,3,7,10,16H2,1-2H3,(H,17,19);1H. The summed E-state index contributed by atoms with van der Waals surface area (Å²) in [5.41, 5.74) is 7.57. The molecule has 1 unspecified atom stereocenters. The average Bonchev–Trinajstić information content (AvgIpc) is 2.82. The molecule has 0 spiro atoms. The summed E-state index contributed by atoms with van der Waals surface area (Å²) in [6.07, 6.45) is 3.13. The van der Waals surface area contributed by atoms with E-state index in [1.807, 2.05) is 18.2 Å². The Morgan fingerprint density at radius 2 is 2.19 bits per heavy atom. The van der Waals surface area contributed by atoms with E-state index < -0.39 is 6.04 Å². The second-order valence-corrected chi connectivity index (χ2v) is 4.83. The number of hydrogen-bond donors (Lipinski definition) is 2. The largest absolute Gasteiger partial charge is 0.383 e. The zero-order valence-electron chi connectivity index (χ0n) is 12.3. The highest BCUT2D eigenvalue weighted by Gasteiger charge is 2.13. The van der Waals surface area contributed by atoms with Crippen molar-refractivity contribution in [1.29, 1.82) is 0 Å². The number of halogens is 1. The fourth-order valence-corrected chi connectivity index (χ4v) is 2.19. The number of fused-ring (bicyclic) bond motifs is 1. The second kappa shape index (κ2) is 8.02. The van der Waals surface area contributed by atoms with Crippen LogP contribution in [0.2, 0.25) is 0 Å². The minimum atomic E-state index is -0.655. The number of carbonyl (C=O) groups is 1. The lowest BCUT2D eigenvalue weighted by Crippen LogP contribution is -2.39. The van der Waals surface area contributed by atoms with Gasteiger partial charge < -0.3 is 20.4 Å². The van der Waals surface area contributed by atoms with Crippen LogP contribution in [-0.4, -0.2) is 30.2 Å². The van der Waals surface area contributed by atoms with Gasteiger partial charge in [0.2, 0.25) is 5.91 Å². The number of hydrogen-bond acceptors (Lipinski definition) is 3. The molecule has 0 aliphatic carbocycles. The molecule has 2 rings (SSSR count). The number of nitrogens with one attached hydrogen (secondary N) is 1. The first-order valence-electron chi connectivity index (χ1n) is 6.80. The Hall–Kier alpha value is -1.56. The van der Waals surface area contributed by atoms with Crippen LogP contribution < -0.4 is 11.1 Å². The van der Waals surface area contributed by atoms with E-state index in [1.165, 1.54) is 7.11 Å². The lowest BCUT2D eigenvalue weighted by Gasteiger charge is -2.12. The first-order chi connectivity index (χ1) is 9.65. The zero-order valence-corrected chi connectivity index (χ0v) is 13.2. The molecule has 0 fully saturated rings. The van der Waals surface area contributed by atoms with Gasteiger partial charge in [-0.05, 0) is 30.0 Å². The van der Waals surface area contributed by atoms with Crippen LogP contribution in [0.25, 0.3) is 10.9 Å². The number of methoxy groups -OCH3 is 1. The van der Waals surface area contributed by atoms with Crippen molar-refractivity contribution < 1.29 is 9.53 Å². The van der Waals surface area contributed by atoms with Crippen molar-refractivity contribution in [2.75, 3.05) is 19.0 Å². The van der Waals surface area contributed by atoms with E-state index in [4.69, 9.17) is 10.5 Å². The molecule has 1 heterocycles.